The van der Waals surface area contributed by atoms with Crippen molar-refractivity contribution in [2.75, 3.05) is 0 Å². The molecule has 1 nitrogen and oxygen atoms in total. The van der Waals surface area contributed by atoms with E-state index >= 15 is 0 Å². The summed E-state index contributed by atoms with van der Waals surface area (Å²) in [7, 11) is 0. The maximum absolute atomic E-state index is 13.0. The highest BCUT2D eigenvalue weighted by molar-refractivity contribution is 6.09. The second-order valence-corrected chi connectivity index (χ2v) is 6.21. The smallest absolute Gasteiger partial charge is 0.123 e. The Bertz CT molecular complexity index is 706. The Balaban J connectivity index is 1.70. The molecule has 0 saturated carbocycles. The molecule has 0 aliphatic carbocycles. The fourth-order valence-corrected chi connectivity index (χ4v) is 2.75. The fraction of sp³-hybridized carbons (Fsp3) is 0.250. The van der Waals surface area contributed by atoms with E-state index in [4.69, 9.17) is 0 Å². The fourth-order valence-electron chi connectivity index (χ4n) is 2.75. The molecular weight excluding hydrogens is 273 g/mol. The van der Waals surface area contributed by atoms with Gasteiger partial charge in [-0.1, -0.05) is 50.2 Å². The molecule has 0 radical (unpaired) electrons. The van der Waals surface area contributed by atoms with Gasteiger partial charge in [0.2, 0.25) is 0 Å². The van der Waals surface area contributed by atoms with E-state index in [-0.39, 0.29) is 5.82 Å². The maximum Gasteiger partial charge on any atom is 0.123 e. The van der Waals surface area contributed by atoms with Crippen molar-refractivity contribution in [1.82, 2.24) is 0 Å². The van der Waals surface area contributed by atoms with Crippen LogP contribution in [0.5, 0.6) is 0 Å². The van der Waals surface area contributed by atoms with Crippen LogP contribution in [0.3, 0.4) is 0 Å². The molecule has 0 aromatic heterocycles. The van der Waals surface area contributed by atoms with Gasteiger partial charge in [0, 0.05) is 12.6 Å². The van der Waals surface area contributed by atoms with E-state index in [0.29, 0.717) is 5.92 Å². The summed E-state index contributed by atoms with van der Waals surface area (Å²) in [5.41, 5.74) is 5.79. The molecule has 1 heterocycles. The molecule has 0 unspecified atom stereocenters. The zero-order valence-corrected chi connectivity index (χ0v) is 13.0. The first-order valence-corrected chi connectivity index (χ1v) is 7.73. The SMILES string of the molecule is CC(C)Cc1ccc(C2=NC=C(c3ccc(F)cc3)C2)cc1. The standard InChI is InChI=1S/C20H20FN/c1-14(2)11-15-3-5-17(6-4-15)20-12-18(13-22-20)16-7-9-19(21)10-8-16/h3-10,13-14H,11-12H2,1-2H3. The van der Waals surface area contributed by atoms with Crippen LogP contribution in [-0.4, -0.2) is 5.71 Å². The highest BCUT2D eigenvalue weighted by Crippen LogP contribution is 2.26. The Labute approximate surface area is 131 Å². The van der Waals surface area contributed by atoms with E-state index in [0.717, 1.165) is 29.7 Å². The molecule has 0 saturated heterocycles. The minimum atomic E-state index is -0.204. The molecule has 3 rings (SSSR count). The van der Waals surface area contributed by atoms with Gasteiger partial charge < -0.3 is 0 Å². The minimum absolute atomic E-state index is 0.204. The van der Waals surface area contributed by atoms with E-state index < -0.39 is 0 Å². The van der Waals surface area contributed by atoms with Crippen LogP contribution in [0.2, 0.25) is 0 Å². The molecule has 0 bridgehead atoms. The first kappa shape index (κ1) is 14.7. The third-order valence-corrected chi connectivity index (χ3v) is 3.88. The van der Waals surface area contributed by atoms with E-state index in [9.17, 15) is 4.39 Å². The van der Waals surface area contributed by atoms with Crippen molar-refractivity contribution in [1.29, 1.82) is 0 Å². The van der Waals surface area contributed by atoms with Crippen LogP contribution in [0.15, 0.2) is 59.7 Å². The molecule has 0 atom stereocenters. The van der Waals surface area contributed by atoms with Gasteiger partial charge in [-0.3, -0.25) is 4.99 Å². The van der Waals surface area contributed by atoms with Gasteiger partial charge in [0.05, 0.1) is 5.71 Å². The topological polar surface area (TPSA) is 12.4 Å². The first-order chi connectivity index (χ1) is 10.6. The maximum atomic E-state index is 13.0. The van der Waals surface area contributed by atoms with Gasteiger partial charge in [-0.25, -0.2) is 4.39 Å². The Kier molecular flexibility index (Phi) is 4.19. The van der Waals surface area contributed by atoms with Crippen LogP contribution in [-0.2, 0) is 6.42 Å². The number of aliphatic imine (C=N–C) groups is 1. The first-order valence-electron chi connectivity index (χ1n) is 7.73. The van der Waals surface area contributed by atoms with Gasteiger partial charge in [-0.15, -0.1) is 0 Å². The van der Waals surface area contributed by atoms with Crippen molar-refractivity contribution in [3.05, 3.63) is 77.2 Å². The number of halogens is 1. The zero-order chi connectivity index (χ0) is 15.5. The Morgan fingerprint density at radius 2 is 1.59 bits per heavy atom. The number of hydrogen-bond acceptors (Lipinski definition) is 1. The van der Waals surface area contributed by atoms with Crippen molar-refractivity contribution in [3.8, 4) is 0 Å². The lowest BCUT2D eigenvalue weighted by Crippen LogP contribution is -2.00. The average molecular weight is 293 g/mol. The molecule has 0 fully saturated rings. The van der Waals surface area contributed by atoms with Gasteiger partial charge in [-0.05, 0) is 46.7 Å². The largest absolute Gasteiger partial charge is 0.260 e. The Morgan fingerprint density at radius 1 is 0.955 bits per heavy atom. The number of nitrogens with zero attached hydrogens (tertiary/aromatic N) is 1. The lowest BCUT2D eigenvalue weighted by molar-refractivity contribution is 0.627. The highest BCUT2D eigenvalue weighted by Gasteiger charge is 2.14. The number of hydrogen-bond donors (Lipinski definition) is 0. The number of benzene rings is 2. The molecule has 2 aromatic carbocycles. The van der Waals surface area contributed by atoms with E-state index in [2.05, 4.69) is 43.1 Å². The zero-order valence-electron chi connectivity index (χ0n) is 13.0. The molecule has 112 valence electrons. The third-order valence-electron chi connectivity index (χ3n) is 3.88. The van der Waals surface area contributed by atoms with E-state index in [1.54, 1.807) is 0 Å². The summed E-state index contributed by atoms with van der Waals surface area (Å²) < 4.78 is 13.0. The normalized spacial score (nSPS) is 14.2. The van der Waals surface area contributed by atoms with Gasteiger partial charge in [0.25, 0.3) is 0 Å². The van der Waals surface area contributed by atoms with Crippen molar-refractivity contribution < 1.29 is 4.39 Å². The molecule has 1 aliphatic heterocycles. The second kappa shape index (κ2) is 6.27. The average Bonchev–Trinajstić information content (AvgIpc) is 2.98. The predicted octanol–water partition coefficient (Wildman–Crippen LogP) is 5.26. The van der Waals surface area contributed by atoms with Crippen molar-refractivity contribution in [2.24, 2.45) is 10.9 Å². The Morgan fingerprint density at radius 3 is 2.23 bits per heavy atom. The van der Waals surface area contributed by atoms with Gasteiger partial charge in [0.15, 0.2) is 0 Å². The molecule has 2 heteroatoms. The summed E-state index contributed by atoms with van der Waals surface area (Å²) in [6, 6.07) is 15.3. The highest BCUT2D eigenvalue weighted by atomic mass is 19.1. The molecule has 0 amide bonds. The van der Waals surface area contributed by atoms with Gasteiger partial charge >= 0.3 is 0 Å². The lowest BCUT2D eigenvalue weighted by Gasteiger charge is -2.07. The quantitative estimate of drug-likeness (QED) is 0.729. The summed E-state index contributed by atoms with van der Waals surface area (Å²) >= 11 is 0. The summed E-state index contributed by atoms with van der Waals surface area (Å²) in [6.07, 6.45) is 3.80. The van der Waals surface area contributed by atoms with Gasteiger partial charge in [0.1, 0.15) is 5.82 Å². The monoisotopic (exact) mass is 293 g/mol. The number of allylic oxidation sites excluding steroid dienone is 1. The molecule has 2 aromatic rings. The Hall–Kier alpha value is -2.22. The summed E-state index contributed by atoms with van der Waals surface area (Å²) in [6.45, 7) is 4.46. The van der Waals surface area contributed by atoms with Crippen LogP contribution in [0.25, 0.3) is 5.57 Å². The summed E-state index contributed by atoms with van der Waals surface area (Å²) in [5.74, 6) is 0.464. The van der Waals surface area contributed by atoms with Crippen molar-refractivity contribution >= 4 is 11.3 Å². The van der Waals surface area contributed by atoms with Crippen LogP contribution in [0, 0.1) is 11.7 Å². The minimum Gasteiger partial charge on any atom is -0.260 e. The van der Waals surface area contributed by atoms with Crippen LogP contribution in [0.4, 0.5) is 4.39 Å². The number of rotatable bonds is 4. The molecule has 0 N–H and O–H groups in total. The summed E-state index contributed by atoms with van der Waals surface area (Å²) in [4.78, 5) is 4.54. The third kappa shape index (κ3) is 3.33. The van der Waals surface area contributed by atoms with E-state index in [1.165, 1.54) is 23.3 Å². The van der Waals surface area contributed by atoms with Crippen LogP contribution in [0.1, 0.15) is 37.0 Å². The lowest BCUT2D eigenvalue weighted by atomic mass is 9.97. The molecule has 0 spiro atoms. The molecule has 1 aliphatic rings. The van der Waals surface area contributed by atoms with Crippen LogP contribution >= 0.6 is 0 Å². The van der Waals surface area contributed by atoms with Crippen molar-refractivity contribution in [3.63, 3.8) is 0 Å². The van der Waals surface area contributed by atoms with Crippen LogP contribution < -0.4 is 0 Å². The second-order valence-electron chi connectivity index (χ2n) is 6.21. The van der Waals surface area contributed by atoms with E-state index in [1.807, 2.05) is 18.3 Å². The summed E-state index contributed by atoms with van der Waals surface area (Å²) in [5, 5.41) is 0. The van der Waals surface area contributed by atoms with Gasteiger partial charge in [-0.2, -0.15) is 0 Å². The molecule has 22 heavy (non-hydrogen) atoms. The van der Waals surface area contributed by atoms with Crippen molar-refractivity contribution in [2.45, 2.75) is 26.7 Å². The predicted molar refractivity (Wildman–Crippen MR) is 90.5 cm³/mol. The molecular formula is C20H20FN.